The monoisotopic (exact) mass is 379 g/mol. The van der Waals surface area contributed by atoms with Crippen LogP contribution in [-0.2, 0) is 4.79 Å². The van der Waals surface area contributed by atoms with Crippen molar-refractivity contribution >= 4 is 27.8 Å². The lowest BCUT2D eigenvalue weighted by Crippen LogP contribution is -2.25. The molecule has 0 fully saturated rings. The summed E-state index contributed by atoms with van der Waals surface area (Å²) in [5, 5.41) is 18.3. The molecule has 7 heteroatoms. The average Bonchev–Trinajstić information content (AvgIpc) is 2.93. The Kier molecular flexibility index (Phi) is 6.34. The lowest BCUT2D eigenvalue weighted by atomic mass is 10.1. The Bertz CT molecular complexity index is 670. The molecule has 0 bridgehead atoms. The van der Waals surface area contributed by atoms with Crippen LogP contribution in [0.25, 0.3) is 11.3 Å². The molecule has 1 amide bonds. The number of nitrogens with zero attached hydrogens (tertiary/aromatic N) is 1. The summed E-state index contributed by atoms with van der Waals surface area (Å²) in [7, 11) is 0. The zero-order valence-electron chi connectivity index (χ0n) is 12.5. The number of hydrogen-bond donors (Lipinski definition) is 3. The zero-order chi connectivity index (χ0) is 16.7. The third kappa shape index (κ3) is 4.92. The van der Waals surface area contributed by atoms with Crippen molar-refractivity contribution < 1.29 is 14.7 Å². The third-order valence-electron chi connectivity index (χ3n) is 3.33. The number of H-pyrrole nitrogens is 1. The Morgan fingerprint density at radius 1 is 1.17 bits per heavy atom. The molecular weight excluding hydrogens is 362 g/mol. The topological polar surface area (TPSA) is 95.1 Å². The van der Waals surface area contributed by atoms with Gasteiger partial charge in [0.15, 0.2) is 0 Å². The van der Waals surface area contributed by atoms with Crippen LogP contribution in [0.4, 0.5) is 0 Å². The van der Waals surface area contributed by atoms with Crippen LogP contribution >= 0.6 is 15.9 Å². The first-order chi connectivity index (χ1) is 11.1. The molecule has 0 unspecified atom stereocenters. The van der Waals surface area contributed by atoms with Crippen LogP contribution in [0.2, 0.25) is 0 Å². The van der Waals surface area contributed by atoms with Crippen LogP contribution in [-0.4, -0.2) is 33.7 Å². The van der Waals surface area contributed by atoms with Crippen molar-refractivity contribution in [3.05, 3.63) is 40.5 Å². The largest absolute Gasteiger partial charge is 0.481 e. The van der Waals surface area contributed by atoms with E-state index in [2.05, 4.69) is 31.4 Å². The number of carboxylic acids is 1. The minimum Gasteiger partial charge on any atom is -0.481 e. The van der Waals surface area contributed by atoms with E-state index in [4.69, 9.17) is 5.11 Å². The molecule has 122 valence electrons. The van der Waals surface area contributed by atoms with Crippen LogP contribution in [0.3, 0.4) is 0 Å². The van der Waals surface area contributed by atoms with E-state index in [1.165, 1.54) is 0 Å². The van der Waals surface area contributed by atoms with E-state index in [-0.39, 0.29) is 12.3 Å². The predicted molar refractivity (Wildman–Crippen MR) is 90.2 cm³/mol. The SMILES string of the molecule is O=C(O)CCCCCNC(=O)c1[nH]nc(-c2ccccc2)c1Br. The molecular formula is C16H18BrN3O3. The molecule has 2 aromatic rings. The first-order valence-corrected chi connectivity index (χ1v) is 8.18. The van der Waals surface area contributed by atoms with Crippen LogP contribution in [0.15, 0.2) is 34.8 Å². The van der Waals surface area contributed by atoms with Crippen molar-refractivity contribution in [2.24, 2.45) is 0 Å². The van der Waals surface area contributed by atoms with Crippen molar-refractivity contribution in [1.29, 1.82) is 0 Å². The zero-order valence-corrected chi connectivity index (χ0v) is 14.1. The molecule has 0 aliphatic carbocycles. The van der Waals surface area contributed by atoms with Crippen molar-refractivity contribution in [1.82, 2.24) is 15.5 Å². The Hall–Kier alpha value is -2.15. The fraction of sp³-hybridized carbons (Fsp3) is 0.312. The van der Waals surface area contributed by atoms with Gasteiger partial charge in [-0.25, -0.2) is 0 Å². The molecule has 0 atom stereocenters. The molecule has 1 aromatic carbocycles. The fourth-order valence-corrected chi connectivity index (χ4v) is 2.72. The highest BCUT2D eigenvalue weighted by Gasteiger charge is 2.17. The van der Waals surface area contributed by atoms with Gasteiger partial charge < -0.3 is 10.4 Å². The highest BCUT2D eigenvalue weighted by molar-refractivity contribution is 9.10. The molecule has 0 aliphatic rings. The molecule has 0 spiro atoms. The van der Waals surface area contributed by atoms with Gasteiger partial charge in [0.25, 0.3) is 5.91 Å². The number of carboxylic acid groups (broad SMARTS) is 1. The Morgan fingerprint density at radius 3 is 2.61 bits per heavy atom. The van der Waals surface area contributed by atoms with Gasteiger partial charge in [0.2, 0.25) is 0 Å². The number of unbranched alkanes of at least 4 members (excludes halogenated alkanes) is 2. The van der Waals surface area contributed by atoms with Crippen LogP contribution < -0.4 is 5.32 Å². The van der Waals surface area contributed by atoms with Gasteiger partial charge in [0.1, 0.15) is 11.4 Å². The summed E-state index contributed by atoms with van der Waals surface area (Å²) in [6.07, 6.45) is 2.31. The van der Waals surface area contributed by atoms with Gasteiger partial charge in [-0.3, -0.25) is 14.7 Å². The summed E-state index contributed by atoms with van der Waals surface area (Å²) in [5.74, 6) is -1.02. The molecule has 23 heavy (non-hydrogen) atoms. The highest BCUT2D eigenvalue weighted by atomic mass is 79.9. The second-order valence-corrected chi connectivity index (χ2v) is 5.88. The number of hydrogen-bond acceptors (Lipinski definition) is 3. The Labute approximate surface area is 142 Å². The maximum absolute atomic E-state index is 12.1. The van der Waals surface area contributed by atoms with Crippen molar-refractivity contribution in [2.45, 2.75) is 25.7 Å². The van der Waals surface area contributed by atoms with Crippen LogP contribution in [0.1, 0.15) is 36.2 Å². The van der Waals surface area contributed by atoms with Gasteiger partial charge in [0.05, 0.1) is 4.47 Å². The number of aromatic amines is 1. The van der Waals surface area contributed by atoms with E-state index in [1.54, 1.807) is 0 Å². The van der Waals surface area contributed by atoms with Gasteiger partial charge in [-0.15, -0.1) is 0 Å². The van der Waals surface area contributed by atoms with Crippen molar-refractivity contribution in [3.63, 3.8) is 0 Å². The number of aliphatic carboxylic acids is 1. The summed E-state index contributed by atoms with van der Waals surface area (Å²) in [4.78, 5) is 22.5. The number of carbonyl (C=O) groups is 2. The van der Waals surface area contributed by atoms with E-state index >= 15 is 0 Å². The van der Waals surface area contributed by atoms with E-state index in [9.17, 15) is 9.59 Å². The summed E-state index contributed by atoms with van der Waals surface area (Å²) >= 11 is 3.42. The van der Waals surface area contributed by atoms with Gasteiger partial charge in [-0.1, -0.05) is 36.8 Å². The fourth-order valence-electron chi connectivity index (χ4n) is 2.13. The molecule has 3 N–H and O–H groups in total. The number of amides is 1. The Morgan fingerprint density at radius 2 is 1.91 bits per heavy atom. The number of benzene rings is 1. The molecule has 1 heterocycles. The second-order valence-electron chi connectivity index (χ2n) is 5.09. The molecule has 0 saturated carbocycles. The lowest BCUT2D eigenvalue weighted by Gasteiger charge is -2.04. The molecule has 0 aliphatic heterocycles. The number of aromatic nitrogens is 2. The van der Waals surface area contributed by atoms with E-state index in [0.29, 0.717) is 28.8 Å². The van der Waals surface area contributed by atoms with Gasteiger partial charge in [-0.05, 0) is 28.8 Å². The van der Waals surface area contributed by atoms with Gasteiger partial charge in [-0.2, -0.15) is 5.10 Å². The number of rotatable bonds is 8. The van der Waals surface area contributed by atoms with E-state index in [0.717, 1.165) is 18.4 Å². The maximum atomic E-state index is 12.1. The number of halogens is 1. The summed E-state index contributed by atoms with van der Waals surface area (Å²) < 4.78 is 0.632. The normalized spacial score (nSPS) is 10.5. The lowest BCUT2D eigenvalue weighted by molar-refractivity contribution is -0.137. The standard InChI is InChI=1S/C16H18BrN3O3/c17-13-14(11-7-3-1-4-8-11)19-20-15(13)16(23)18-10-6-2-5-9-12(21)22/h1,3-4,7-8H,2,5-6,9-10H2,(H,18,23)(H,19,20)(H,21,22). The number of nitrogens with one attached hydrogen (secondary N) is 2. The molecule has 0 radical (unpaired) electrons. The smallest absolute Gasteiger partial charge is 0.303 e. The summed E-state index contributed by atoms with van der Waals surface area (Å²) in [6.45, 7) is 0.505. The summed E-state index contributed by atoms with van der Waals surface area (Å²) in [5.41, 5.74) is 2.00. The summed E-state index contributed by atoms with van der Waals surface area (Å²) in [6, 6.07) is 9.58. The molecule has 1 aromatic heterocycles. The van der Waals surface area contributed by atoms with Gasteiger partial charge >= 0.3 is 5.97 Å². The first-order valence-electron chi connectivity index (χ1n) is 7.39. The molecule has 0 saturated heterocycles. The highest BCUT2D eigenvalue weighted by Crippen LogP contribution is 2.28. The Balaban J connectivity index is 1.86. The second kappa shape index (κ2) is 8.47. The van der Waals surface area contributed by atoms with E-state index in [1.807, 2.05) is 30.3 Å². The number of carbonyl (C=O) groups excluding carboxylic acids is 1. The first kappa shape index (κ1) is 17.2. The minimum absolute atomic E-state index is 0.167. The van der Waals surface area contributed by atoms with Crippen molar-refractivity contribution in [3.8, 4) is 11.3 Å². The van der Waals surface area contributed by atoms with E-state index < -0.39 is 5.97 Å². The minimum atomic E-state index is -0.788. The van der Waals surface area contributed by atoms with Crippen molar-refractivity contribution in [2.75, 3.05) is 6.54 Å². The maximum Gasteiger partial charge on any atom is 0.303 e. The average molecular weight is 380 g/mol. The predicted octanol–water partition coefficient (Wildman–Crippen LogP) is 3.21. The van der Waals surface area contributed by atoms with Crippen LogP contribution in [0, 0.1) is 0 Å². The third-order valence-corrected chi connectivity index (χ3v) is 4.11. The molecule has 6 nitrogen and oxygen atoms in total. The van der Waals surface area contributed by atoms with Gasteiger partial charge in [0, 0.05) is 18.5 Å². The molecule has 2 rings (SSSR count). The quantitative estimate of drug-likeness (QED) is 0.613. The van der Waals surface area contributed by atoms with Crippen LogP contribution in [0.5, 0.6) is 0 Å².